The summed E-state index contributed by atoms with van der Waals surface area (Å²) in [6.07, 6.45) is 0.772. The number of amides is 2. The standard InChI is InChI=1S/C19H21N3O4/c1-20-19(25)15-10-11(18(24)21-12-7-8-12)9-14(22-15)17(23)13-5-3-4-6-16(13)26-2/h3-6,9-10,12,17,23H,7-8H2,1-2H3,(H,20,25)(H,21,24)/t17-/m0/s1. The Bertz CT molecular complexity index is 833. The molecule has 1 aliphatic carbocycles. The van der Waals surface area contributed by atoms with Crippen LogP contribution in [0.25, 0.3) is 0 Å². The van der Waals surface area contributed by atoms with E-state index >= 15 is 0 Å². The van der Waals surface area contributed by atoms with Gasteiger partial charge in [-0.2, -0.15) is 0 Å². The SMILES string of the molecule is CNC(=O)c1cc(C(=O)NC2CC2)cc([C@@H](O)c2ccccc2OC)n1. The van der Waals surface area contributed by atoms with Crippen LogP contribution in [0, 0.1) is 0 Å². The fraction of sp³-hybridized carbons (Fsp3) is 0.316. The number of para-hydroxylation sites is 1. The largest absolute Gasteiger partial charge is 0.496 e. The van der Waals surface area contributed by atoms with E-state index in [4.69, 9.17) is 4.74 Å². The van der Waals surface area contributed by atoms with Crippen molar-refractivity contribution in [1.82, 2.24) is 15.6 Å². The Balaban J connectivity index is 2.01. The van der Waals surface area contributed by atoms with E-state index in [9.17, 15) is 14.7 Å². The van der Waals surface area contributed by atoms with Gasteiger partial charge in [-0.05, 0) is 31.0 Å². The molecule has 136 valence electrons. The van der Waals surface area contributed by atoms with E-state index in [1.807, 2.05) is 0 Å². The third-order valence-corrected chi connectivity index (χ3v) is 4.19. The molecule has 1 aliphatic rings. The third-order valence-electron chi connectivity index (χ3n) is 4.19. The van der Waals surface area contributed by atoms with E-state index in [2.05, 4.69) is 15.6 Å². The van der Waals surface area contributed by atoms with Crippen molar-refractivity contribution in [3.8, 4) is 5.75 Å². The van der Waals surface area contributed by atoms with E-state index in [0.29, 0.717) is 11.3 Å². The molecule has 1 aromatic heterocycles. The molecule has 0 saturated heterocycles. The molecule has 0 bridgehead atoms. The number of nitrogens with zero attached hydrogens (tertiary/aromatic N) is 1. The molecule has 0 unspecified atom stereocenters. The normalized spacial score (nSPS) is 14.4. The van der Waals surface area contributed by atoms with E-state index < -0.39 is 12.0 Å². The maximum Gasteiger partial charge on any atom is 0.269 e. The number of pyridine rings is 1. The van der Waals surface area contributed by atoms with Gasteiger partial charge in [-0.1, -0.05) is 18.2 Å². The van der Waals surface area contributed by atoms with Crippen molar-refractivity contribution in [2.24, 2.45) is 0 Å². The summed E-state index contributed by atoms with van der Waals surface area (Å²) in [5.74, 6) is -0.218. The average Bonchev–Trinajstić information content (AvgIpc) is 3.50. The molecule has 2 amide bonds. The van der Waals surface area contributed by atoms with Gasteiger partial charge in [0.25, 0.3) is 11.8 Å². The van der Waals surface area contributed by atoms with Crippen LogP contribution in [0.1, 0.15) is 51.0 Å². The number of rotatable bonds is 6. The van der Waals surface area contributed by atoms with Crippen LogP contribution in [0.3, 0.4) is 0 Å². The van der Waals surface area contributed by atoms with Crippen molar-refractivity contribution in [3.63, 3.8) is 0 Å². The molecule has 3 N–H and O–H groups in total. The fourth-order valence-electron chi connectivity index (χ4n) is 2.62. The maximum atomic E-state index is 12.4. The van der Waals surface area contributed by atoms with E-state index in [0.717, 1.165) is 12.8 Å². The summed E-state index contributed by atoms with van der Waals surface area (Å²) < 4.78 is 5.28. The summed E-state index contributed by atoms with van der Waals surface area (Å²) in [4.78, 5) is 28.7. The van der Waals surface area contributed by atoms with Gasteiger partial charge in [0, 0.05) is 24.2 Å². The van der Waals surface area contributed by atoms with Gasteiger partial charge in [0.2, 0.25) is 0 Å². The van der Waals surface area contributed by atoms with Gasteiger partial charge in [0.1, 0.15) is 17.5 Å². The number of aromatic nitrogens is 1. The number of aliphatic hydroxyl groups is 1. The number of aliphatic hydroxyl groups excluding tert-OH is 1. The zero-order valence-electron chi connectivity index (χ0n) is 14.7. The summed E-state index contributed by atoms with van der Waals surface area (Å²) in [7, 11) is 2.99. The molecule has 1 fully saturated rings. The number of hydrogen-bond acceptors (Lipinski definition) is 5. The van der Waals surface area contributed by atoms with Gasteiger partial charge in [-0.15, -0.1) is 0 Å². The lowest BCUT2D eigenvalue weighted by Crippen LogP contribution is -2.27. The topological polar surface area (TPSA) is 101 Å². The van der Waals surface area contributed by atoms with Crippen molar-refractivity contribution in [2.45, 2.75) is 25.0 Å². The molecular formula is C19H21N3O4. The highest BCUT2D eigenvalue weighted by Crippen LogP contribution is 2.29. The number of ether oxygens (including phenoxy) is 1. The molecule has 1 saturated carbocycles. The first-order valence-electron chi connectivity index (χ1n) is 8.39. The van der Waals surface area contributed by atoms with Crippen LogP contribution in [0.2, 0.25) is 0 Å². The Kier molecular flexibility index (Phi) is 5.18. The highest BCUT2D eigenvalue weighted by atomic mass is 16.5. The smallest absolute Gasteiger partial charge is 0.269 e. The van der Waals surface area contributed by atoms with Crippen molar-refractivity contribution >= 4 is 11.8 Å². The molecule has 1 heterocycles. The van der Waals surface area contributed by atoms with Crippen LogP contribution in [-0.2, 0) is 0 Å². The maximum absolute atomic E-state index is 12.4. The predicted octanol–water partition coefficient (Wildman–Crippen LogP) is 1.42. The van der Waals surface area contributed by atoms with Crippen molar-refractivity contribution in [2.75, 3.05) is 14.2 Å². The van der Waals surface area contributed by atoms with Gasteiger partial charge < -0.3 is 20.5 Å². The van der Waals surface area contributed by atoms with Crippen LogP contribution in [0.15, 0.2) is 36.4 Å². The van der Waals surface area contributed by atoms with Crippen LogP contribution in [-0.4, -0.2) is 42.1 Å². The molecular weight excluding hydrogens is 334 g/mol. The minimum atomic E-state index is -1.14. The second-order valence-electron chi connectivity index (χ2n) is 6.14. The summed E-state index contributed by atoms with van der Waals surface area (Å²) in [6, 6.07) is 10.1. The third kappa shape index (κ3) is 3.83. The van der Waals surface area contributed by atoms with Gasteiger partial charge >= 0.3 is 0 Å². The van der Waals surface area contributed by atoms with Crippen LogP contribution in [0.5, 0.6) is 5.75 Å². The molecule has 1 aromatic carbocycles. The Morgan fingerprint density at radius 1 is 1.23 bits per heavy atom. The van der Waals surface area contributed by atoms with Crippen molar-refractivity contribution in [1.29, 1.82) is 0 Å². The van der Waals surface area contributed by atoms with E-state index in [1.54, 1.807) is 24.3 Å². The summed E-state index contributed by atoms with van der Waals surface area (Å²) in [5, 5.41) is 16.1. The monoisotopic (exact) mass is 355 g/mol. The van der Waals surface area contributed by atoms with Crippen molar-refractivity contribution in [3.05, 3.63) is 58.9 Å². The summed E-state index contributed by atoms with van der Waals surface area (Å²) in [5.41, 5.74) is 1.07. The second-order valence-corrected chi connectivity index (χ2v) is 6.14. The average molecular weight is 355 g/mol. The van der Waals surface area contributed by atoms with Crippen LogP contribution < -0.4 is 15.4 Å². The number of benzene rings is 1. The fourth-order valence-corrected chi connectivity index (χ4v) is 2.62. The molecule has 3 rings (SSSR count). The highest BCUT2D eigenvalue weighted by Gasteiger charge is 2.26. The number of carbonyl (C=O) groups excluding carboxylic acids is 2. The molecule has 2 aromatic rings. The Morgan fingerprint density at radius 3 is 2.62 bits per heavy atom. The van der Waals surface area contributed by atoms with Crippen LogP contribution in [0.4, 0.5) is 0 Å². The molecule has 26 heavy (non-hydrogen) atoms. The van der Waals surface area contributed by atoms with Gasteiger partial charge in [-0.3, -0.25) is 9.59 Å². The summed E-state index contributed by atoms with van der Waals surface area (Å²) >= 11 is 0. The lowest BCUT2D eigenvalue weighted by molar-refractivity contribution is 0.0950. The molecule has 1 atom stereocenters. The van der Waals surface area contributed by atoms with Crippen LogP contribution >= 0.6 is 0 Å². The highest BCUT2D eigenvalue weighted by molar-refractivity contribution is 5.98. The van der Waals surface area contributed by atoms with E-state index in [-0.39, 0.29) is 28.9 Å². The minimum absolute atomic E-state index is 0.0693. The number of carbonyl (C=O) groups is 2. The number of methoxy groups -OCH3 is 1. The molecule has 7 heteroatoms. The van der Waals surface area contributed by atoms with Crippen molar-refractivity contribution < 1.29 is 19.4 Å². The molecule has 7 nitrogen and oxygen atoms in total. The Morgan fingerprint density at radius 2 is 1.96 bits per heavy atom. The quantitative estimate of drug-likeness (QED) is 0.728. The zero-order chi connectivity index (χ0) is 18.7. The molecule has 0 spiro atoms. The Hall–Kier alpha value is -2.93. The predicted molar refractivity (Wildman–Crippen MR) is 95.2 cm³/mol. The van der Waals surface area contributed by atoms with Gasteiger partial charge in [0.15, 0.2) is 0 Å². The first kappa shape index (κ1) is 17.9. The second kappa shape index (κ2) is 7.53. The molecule has 0 radical (unpaired) electrons. The summed E-state index contributed by atoms with van der Waals surface area (Å²) in [6.45, 7) is 0. The lowest BCUT2D eigenvalue weighted by Gasteiger charge is -2.16. The Labute approximate surface area is 151 Å². The molecule has 0 aliphatic heterocycles. The van der Waals surface area contributed by atoms with Gasteiger partial charge in [-0.25, -0.2) is 4.98 Å². The number of nitrogens with one attached hydrogen (secondary N) is 2. The number of hydrogen-bond donors (Lipinski definition) is 3. The first-order valence-corrected chi connectivity index (χ1v) is 8.39. The minimum Gasteiger partial charge on any atom is -0.496 e. The lowest BCUT2D eigenvalue weighted by atomic mass is 10.0. The van der Waals surface area contributed by atoms with Gasteiger partial charge in [0.05, 0.1) is 12.8 Å². The zero-order valence-corrected chi connectivity index (χ0v) is 14.7. The first-order chi connectivity index (χ1) is 12.5. The van der Waals surface area contributed by atoms with E-state index in [1.165, 1.54) is 26.3 Å².